The van der Waals surface area contributed by atoms with Gasteiger partial charge < -0.3 is 10.4 Å². The first-order valence-corrected chi connectivity index (χ1v) is 8.57. The summed E-state index contributed by atoms with van der Waals surface area (Å²) >= 11 is 13.2. The molecule has 24 heavy (non-hydrogen) atoms. The van der Waals surface area contributed by atoms with Crippen molar-refractivity contribution in [1.82, 2.24) is 0 Å². The number of phenolic OH excluding ortho intramolecular Hbond substituents is 1. The number of aromatic hydroxyl groups is 1. The Morgan fingerprint density at radius 1 is 1.25 bits per heavy atom. The SMILES string of the molecule is O=C(CSCc1ccc(Cl)cc1Cl)Nc1cc([N+](=O)[O-])ccc1O. The van der Waals surface area contributed by atoms with Gasteiger partial charge >= 0.3 is 0 Å². The summed E-state index contributed by atoms with van der Waals surface area (Å²) < 4.78 is 0. The molecule has 0 saturated heterocycles. The van der Waals surface area contributed by atoms with Crippen LogP contribution < -0.4 is 5.32 Å². The van der Waals surface area contributed by atoms with Gasteiger partial charge in [-0.1, -0.05) is 29.3 Å². The molecule has 0 bridgehead atoms. The molecular formula is C15H12Cl2N2O4S. The maximum Gasteiger partial charge on any atom is 0.271 e. The van der Waals surface area contributed by atoms with Gasteiger partial charge in [0.25, 0.3) is 5.69 Å². The summed E-state index contributed by atoms with van der Waals surface area (Å²) in [5.74, 6) is -0.0219. The molecule has 6 nitrogen and oxygen atoms in total. The maximum atomic E-state index is 11.9. The number of phenols is 1. The lowest BCUT2D eigenvalue weighted by atomic mass is 10.2. The molecule has 0 fully saturated rings. The minimum atomic E-state index is -0.605. The van der Waals surface area contributed by atoms with Gasteiger partial charge in [0.15, 0.2) is 0 Å². The summed E-state index contributed by atoms with van der Waals surface area (Å²) in [5, 5.41) is 23.9. The van der Waals surface area contributed by atoms with Crippen LogP contribution in [0, 0.1) is 10.1 Å². The summed E-state index contributed by atoms with van der Waals surface area (Å²) in [6.45, 7) is 0. The third kappa shape index (κ3) is 5.02. The maximum absolute atomic E-state index is 11.9. The standard InChI is InChI=1S/C15H12Cl2N2O4S/c16-10-2-1-9(12(17)5-10)7-24-8-15(21)18-13-6-11(19(22)23)3-4-14(13)20/h1-6,20H,7-8H2,(H,18,21). The van der Waals surface area contributed by atoms with Gasteiger partial charge in [-0.25, -0.2) is 0 Å². The fourth-order valence-electron chi connectivity index (χ4n) is 1.82. The van der Waals surface area contributed by atoms with Crippen molar-refractivity contribution in [2.75, 3.05) is 11.1 Å². The Hall–Kier alpha value is -1.96. The van der Waals surface area contributed by atoms with Gasteiger partial charge in [-0.05, 0) is 23.8 Å². The number of carbonyl (C=O) groups excluding carboxylic acids is 1. The van der Waals surface area contributed by atoms with Crippen LogP contribution in [0.4, 0.5) is 11.4 Å². The third-order valence-electron chi connectivity index (χ3n) is 2.97. The quantitative estimate of drug-likeness (QED) is 0.433. The molecule has 2 N–H and O–H groups in total. The topological polar surface area (TPSA) is 92.5 Å². The molecule has 0 aromatic heterocycles. The molecule has 0 unspecified atom stereocenters. The van der Waals surface area contributed by atoms with E-state index >= 15 is 0 Å². The molecule has 0 aliphatic heterocycles. The number of hydrogen-bond donors (Lipinski definition) is 2. The van der Waals surface area contributed by atoms with Gasteiger partial charge in [0.05, 0.1) is 16.4 Å². The number of thioether (sulfide) groups is 1. The number of benzene rings is 2. The first kappa shape index (κ1) is 18.4. The van der Waals surface area contributed by atoms with Crippen molar-refractivity contribution in [3.05, 3.63) is 62.1 Å². The van der Waals surface area contributed by atoms with Crippen LogP contribution >= 0.6 is 35.0 Å². The summed E-state index contributed by atoms with van der Waals surface area (Å²) in [5.41, 5.74) is 0.625. The van der Waals surface area contributed by atoms with E-state index in [9.17, 15) is 20.0 Å². The predicted molar refractivity (Wildman–Crippen MR) is 96.0 cm³/mol. The highest BCUT2D eigenvalue weighted by atomic mass is 35.5. The zero-order chi connectivity index (χ0) is 17.7. The zero-order valence-electron chi connectivity index (χ0n) is 12.2. The number of rotatable bonds is 6. The predicted octanol–water partition coefficient (Wildman–Crippen LogP) is 4.48. The van der Waals surface area contributed by atoms with E-state index in [1.54, 1.807) is 18.2 Å². The second kappa shape index (κ2) is 8.23. The summed E-state index contributed by atoms with van der Waals surface area (Å²) in [6.07, 6.45) is 0. The third-order valence-corrected chi connectivity index (χ3v) is 4.54. The number of nitrogens with one attached hydrogen (secondary N) is 1. The molecule has 1 amide bonds. The van der Waals surface area contributed by atoms with E-state index in [0.29, 0.717) is 15.8 Å². The molecule has 0 aliphatic carbocycles. The average molecular weight is 387 g/mol. The Kier molecular flexibility index (Phi) is 6.30. The summed E-state index contributed by atoms with van der Waals surface area (Å²) in [6, 6.07) is 8.54. The molecule has 9 heteroatoms. The van der Waals surface area contributed by atoms with Crippen LogP contribution in [-0.2, 0) is 10.5 Å². The normalized spacial score (nSPS) is 10.4. The first-order chi connectivity index (χ1) is 11.4. The van der Waals surface area contributed by atoms with Gasteiger partial charge in [-0.2, -0.15) is 0 Å². The number of nitro groups is 1. The fraction of sp³-hybridized carbons (Fsp3) is 0.133. The van der Waals surface area contributed by atoms with Crippen LogP contribution in [0.15, 0.2) is 36.4 Å². The molecule has 2 aromatic rings. The summed E-state index contributed by atoms with van der Waals surface area (Å²) in [4.78, 5) is 22.0. The second-order valence-electron chi connectivity index (χ2n) is 4.74. The number of anilines is 1. The van der Waals surface area contributed by atoms with E-state index in [1.165, 1.54) is 11.8 Å². The van der Waals surface area contributed by atoms with E-state index < -0.39 is 4.92 Å². The molecule has 2 rings (SSSR count). The van der Waals surface area contributed by atoms with Crippen molar-refractivity contribution in [2.45, 2.75) is 5.75 Å². The monoisotopic (exact) mass is 386 g/mol. The van der Waals surface area contributed by atoms with Crippen molar-refractivity contribution in [3.63, 3.8) is 0 Å². The molecular weight excluding hydrogens is 375 g/mol. The lowest BCUT2D eigenvalue weighted by Crippen LogP contribution is -2.14. The lowest BCUT2D eigenvalue weighted by molar-refractivity contribution is -0.384. The van der Waals surface area contributed by atoms with Crippen molar-refractivity contribution in [1.29, 1.82) is 0 Å². The zero-order valence-corrected chi connectivity index (χ0v) is 14.5. The lowest BCUT2D eigenvalue weighted by Gasteiger charge is -2.08. The van der Waals surface area contributed by atoms with Crippen LogP contribution in [0.1, 0.15) is 5.56 Å². The Morgan fingerprint density at radius 2 is 2.00 bits per heavy atom. The number of amides is 1. The molecule has 0 spiro atoms. The van der Waals surface area contributed by atoms with Crippen LogP contribution in [0.5, 0.6) is 5.75 Å². The van der Waals surface area contributed by atoms with Gasteiger partial charge in [0, 0.05) is 27.9 Å². The van der Waals surface area contributed by atoms with Crippen molar-refractivity contribution in [3.8, 4) is 5.75 Å². The number of hydrogen-bond acceptors (Lipinski definition) is 5. The molecule has 0 saturated carbocycles. The number of carbonyl (C=O) groups is 1. The Bertz CT molecular complexity index is 786. The van der Waals surface area contributed by atoms with Crippen molar-refractivity contribution >= 4 is 52.2 Å². The van der Waals surface area contributed by atoms with Crippen LogP contribution in [0.2, 0.25) is 10.0 Å². The first-order valence-electron chi connectivity index (χ1n) is 6.65. The minimum Gasteiger partial charge on any atom is -0.506 e. The largest absolute Gasteiger partial charge is 0.506 e. The van der Waals surface area contributed by atoms with Gasteiger partial charge in [-0.15, -0.1) is 11.8 Å². The van der Waals surface area contributed by atoms with Crippen LogP contribution in [0.3, 0.4) is 0 Å². The Labute approximate surface area is 151 Å². The Morgan fingerprint density at radius 3 is 2.67 bits per heavy atom. The smallest absolute Gasteiger partial charge is 0.271 e. The minimum absolute atomic E-state index is 0.000625. The molecule has 0 atom stereocenters. The average Bonchev–Trinajstić information content (AvgIpc) is 2.51. The van der Waals surface area contributed by atoms with E-state index in [0.717, 1.165) is 23.8 Å². The van der Waals surface area contributed by atoms with E-state index in [-0.39, 0.29) is 28.8 Å². The van der Waals surface area contributed by atoms with E-state index in [1.807, 2.05) is 0 Å². The van der Waals surface area contributed by atoms with E-state index in [4.69, 9.17) is 23.2 Å². The molecule has 0 heterocycles. The van der Waals surface area contributed by atoms with Gasteiger partial charge in [-0.3, -0.25) is 14.9 Å². The summed E-state index contributed by atoms with van der Waals surface area (Å²) in [7, 11) is 0. The van der Waals surface area contributed by atoms with Gasteiger partial charge in [0.1, 0.15) is 5.75 Å². The van der Waals surface area contributed by atoms with Crippen LogP contribution in [-0.4, -0.2) is 21.7 Å². The highest BCUT2D eigenvalue weighted by Gasteiger charge is 2.13. The highest BCUT2D eigenvalue weighted by Crippen LogP contribution is 2.28. The number of halogens is 2. The van der Waals surface area contributed by atoms with Crippen LogP contribution in [0.25, 0.3) is 0 Å². The Balaban J connectivity index is 1.92. The molecule has 0 radical (unpaired) electrons. The molecule has 2 aromatic carbocycles. The van der Waals surface area contributed by atoms with Crippen molar-refractivity contribution < 1.29 is 14.8 Å². The van der Waals surface area contributed by atoms with Gasteiger partial charge in [0.2, 0.25) is 5.91 Å². The fourth-order valence-corrected chi connectivity index (χ4v) is 3.20. The number of nitro benzene ring substituents is 1. The highest BCUT2D eigenvalue weighted by molar-refractivity contribution is 7.99. The molecule has 126 valence electrons. The number of non-ortho nitro benzene ring substituents is 1. The van der Waals surface area contributed by atoms with Crippen molar-refractivity contribution in [2.24, 2.45) is 0 Å². The number of nitrogens with zero attached hydrogens (tertiary/aromatic N) is 1. The molecule has 0 aliphatic rings. The second-order valence-corrected chi connectivity index (χ2v) is 6.56. The van der Waals surface area contributed by atoms with E-state index in [2.05, 4.69) is 5.32 Å².